The molecule has 0 aliphatic carbocycles. The molecule has 0 atom stereocenters. The van der Waals surface area contributed by atoms with Crippen LogP contribution in [0.4, 0.5) is 0 Å². The maximum absolute atomic E-state index is 10.8. The molecule has 0 spiro atoms. The zero-order valence-corrected chi connectivity index (χ0v) is 9.45. The van der Waals surface area contributed by atoms with Crippen LogP contribution in [0.2, 0.25) is 0 Å². The van der Waals surface area contributed by atoms with E-state index in [1.54, 1.807) is 0 Å². The lowest BCUT2D eigenvalue weighted by molar-refractivity contribution is -0.136. The van der Waals surface area contributed by atoms with Crippen molar-refractivity contribution in [3.8, 4) is 0 Å². The quantitative estimate of drug-likeness (QED) is 0.499. The molecule has 0 amide bonds. The molecule has 0 bridgehead atoms. The van der Waals surface area contributed by atoms with Crippen molar-refractivity contribution >= 4 is 21.8 Å². The number of sulfone groups is 1. The van der Waals surface area contributed by atoms with Gasteiger partial charge in [-0.05, 0) is 0 Å². The Hall–Kier alpha value is -1.57. The number of nitrogens with one attached hydrogen (secondary N) is 1. The summed E-state index contributed by atoms with van der Waals surface area (Å²) in [6.07, 6.45) is 1.25. The van der Waals surface area contributed by atoms with Crippen LogP contribution in [-0.4, -0.2) is 49.1 Å². The van der Waals surface area contributed by atoms with E-state index in [4.69, 9.17) is 10.2 Å². The van der Waals surface area contributed by atoms with Gasteiger partial charge in [-0.25, -0.2) is 13.2 Å². The summed E-state index contributed by atoms with van der Waals surface area (Å²) in [5.41, 5.74) is -0.0383. The largest absolute Gasteiger partial charge is 0.481 e. The summed E-state index contributed by atoms with van der Waals surface area (Å²) in [5.74, 6) is -2.67. The number of hydrogen-bond donors (Lipinski definition) is 3. The maximum Gasteiger partial charge on any atom is 0.330 e. The number of hydrogen-bond acceptors (Lipinski definition) is 5. The summed E-state index contributed by atoms with van der Waals surface area (Å²) in [4.78, 5) is 20.7. The van der Waals surface area contributed by atoms with Gasteiger partial charge in [-0.1, -0.05) is 0 Å². The van der Waals surface area contributed by atoms with Crippen molar-refractivity contribution in [1.82, 2.24) is 5.32 Å². The second-order valence-electron chi connectivity index (χ2n) is 3.13. The maximum atomic E-state index is 10.8. The first-order valence-electron chi connectivity index (χ1n) is 4.27. The molecule has 7 nitrogen and oxygen atoms in total. The molecule has 0 aromatic heterocycles. The minimum absolute atomic E-state index is 0.0226. The van der Waals surface area contributed by atoms with Crippen LogP contribution < -0.4 is 5.32 Å². The smallest absolute Gasteiger partial charge is 0.330 e. The molecule has 0 saturated carbocycles. The Morgan fingerprint density at radius 1 is 1.31 bits per heavy atom. The molecule has 0 fully saturated rings. The van der Waals surface area contributed by atoms with Gasteiger partial charge in [-0.2, -0.15) is 0 Å². The zero-order chi connectivity index (χ0) is 12.8. The summed E-state index contributed by atoms with van der Waals surface area (Å²) in [5, 5.41) is 19.4. The molecule has 0 aliphatic rings. The van der Waals surface area contributed by atoms with Crippen molar-refractivity contribution in [2.75, 3.05) is 18.6 Å². The molecule has 0 radical (unpaired) electrons. The molecule has 0 unspecified atom stereocenters. The van der Waals surface area contributed by atoms with Crippen molar-refractivity contribution in [1.29, 1.82) is 0 Å². The summed E-state index contributed by atoms with van der Waals surface area (Å²) in [6, 6.07) is 0. The highest BCUT2D eigenvalue weighted by Crippen LogP contribution is 1.97. The fourth-order valence-corrected chi connectivity index (χ4v) is 1.35. The monoisotopic (exact) mass is 251 g/mol. The van der Waals surface area contributed by atoms with Gasteiger partial charge in [0, 0.05) is 24.6 Å². The van der Waals surface area contributed by atoms with Gasteiger partial charge in [-0.15, -0.1) is 0 Å². The molecule has 8 heteroatoms. The first kappa shape index (κ1) is 14.4. The lowest BCUT2D eigenvalue weighted by atomic mass is 10.3. The Morgan fingerprint density at radius 2 is 1.88 bits per heavy atom. The fourth-order valence-electron chi connectivity index (χ4n) is 0.874. The number of carboxylic acid groups (broad SMARTS) is 2. The summed E-state index contributed by atoms with van der Waals surface area (Å²) < 4.78 is 21.5. The Labute approximate surface area is 92.7 Å². The lowest BCUT2D eigenvalue weighted by Crippen LogP contribution is -2.24. The highest BCUT2D eigenvalue weighted by atomic mass is 32.2. The van der Waals surface area contributed by atoms with Crippen molar-refractivity contribution < 1.29 is 28.2 Å². The molecular weight excluding hydrogens is 238 g/mol. The molecule has 0 aromatic carbocycles. The average Bonchev–Trinajstić information content (AvgIpc) is 1.98. The van der Waals surface area contributed by atoms with E-state index >= 15 is 0 Å². The molecule has 0 saturated heterocycles. The molecule has 0 heterocycles. The van der Waals surface area contributed by atoms with Crippen LogP contribution in [-0.2, 0) is 19.4 Å². The van der Waals surface area contributed by atoms with Crippen molar-refractivity contribution in [2.24, 2.45) is 0 Å². The first-order chi connectivity index (χ1) is 7.20. The molecule has 16 heavy (non-hydrogen) atoms. The van der Waals surface area contributed by atoms with E-state index in [1.807, 2.05) is 0 Å². The Balaban J connectivity index is 4.34. The van der Waals surface area contributed by atoms with Crippen molar-refractivity contribution in [3.63, 3.8) is 0 Å². The third-order valence-corrected chi connectivity index (χ3v) is 2.41. The van der Waals surface area contributed by atoms with E-state index in [-0.39, 0.29) is 18.0 Å². The normalized spacial score (nSPS) is 12.2. The van der Waals surface area contributed by atoms with Gasteiger partial charge in [0.15, 0.2) is 0 Å². The predicted octanol–water partition coefficient (Wildman–Crippen LogP) is -0.936. The van der Waals surface area contributed by atoms with Crippen LogP contribution in [0.1, 0.15) is 6.42 Å². The van der Waals surface area contributed by atoms with Gasteiger partial charge in [0.1, 0.15) is 9.84 Å². The van der Waals surface area contributed by atoms with Crippen LogP contribution in [0.3, 0.4) is 0 Å². The minimum Gasteiger partial charge on any atom is -0.481 e. The standard InChI is InChI=1S/C8H13NO6S/c1-16(14,15)3-2-9-6(4-7(10)11)5-8(12)13/h4,9H,2-3,5H2,1H3,(H,10,11)(H,12,13)/b6-4-. The molecule has 0 aromatic rings. The predicted molar refractivity (Wildman–Crippen MR) is 55.7 cm³/mol. The van der Waals surface area contributed by atoms with Crippen molar-refractivity contribution in [2.45, 2.75) is 6.42 Å². The number of rotatable bonds is 7. The number of aliphatic carboxylic acids is 2. The Kier molecular flexibility index (Phi) is 5.51. The van der Waals surface area contributed by atoms with Crippen molar-refractivity contribution in [3.05, 3.63) is 11.8 Å². The van der Waals surface area contributed by atoms with Crippen LogP contribution in [0.25, 0.3) is 0 Å². The van der Waals surface area contributed by atoms with E-state index in [9.17, 15) is 18.0 Å². The van der Waals surface area contributed by atoms with Gasteiger partial charge in [0.25, 0.3) is 0 Å². The lowest BCUT2D eigenvalue weighted by Gasteiger charge is -2.07. The molecule has 92 valence electrons. The van der Waals surface area contributed by atoms with Gasteiger partial charge < -0.3 is 15.5 Å². The van der Waals surface area contributed by atoms with Gasteiger partial charge in [0.05, 0.1) is 12.2 Å². The zero-order valence-electron chi connectivity index (χ0n) is 8.63. The molecular formula is C8H13NO6S. The topological polar surface area (TPSA) is 121 Å². The first-order valence-corrected chi connectivity index (χ1v) is 6.33. The van der Waals surface area contributed by atoms with E-state index in [1.165, 1.54) is 0 Å². The molecule has 0 rings (SSSR count). The van der Waals surface area contributed by atoms with E-state index < -0.39 is 28.2 Å². The Morgan fingerprint density at radius 3 is 2.25 bits per heavy atom. The third-order valence-electron chi connectivity index (χ3n) is 1.46. The number of carboxylic acids is 2. The van der Waals surface area contributed by atoms with Crippen LogP contribution in [0.15, 0.2) is 11.8 Å². The third kappa shape index (κ3) is 9.00. The number of carbonyl (C=O) groups is 2. The van der Waals surface area contributed by atoms with E-state index in [0.29, 0.717) is 6.08 Å². The Bertz CT molecular complexity index is 397. The summed E-state index contributed by atoms with van der Waals surface area (Å²) >= 11 is 0. The second kappa shape index (κ2) is 6.11. The van der Waals surface area contributed by atoms with Crippen LogP contribution >= 0.6 is 0 Å². The van der Waals surface area contributed by atoms with Gasteiger partial charge in [0.2, 0.25) is 0 Å². The fraction of sp³-hybridized carbons (Fsp3) is 0.500. The summed E-state index contributed by atoms with van der Waals surface area (Å²) in [6.45, 7) is -0.0226. The summed E-state index contributed by atoms with van der Waals surface area (Å²) in [7, 11) is -3.16. The SMILES string of the molecule is CS(=O)(=O)CCN/C(=C\C(=O)O)CC(=O)O. The average molecular weight is 251 g/mol. The highest BCUT2D eigenvalue weighted by molar-refractivity contribution is 7.90. The van der Waals surface area contributed by atoms with E-state index in [2.05, 4.69) is 5.32 Å². The van der Waals surface area contributed by atoms with Gasteiger partial charge in [-0.3, -0.25) is 4.79 Å². The van der Waals surface area contributed by atoms with Crippen LogP contribution in [0.5, 0.6) is 0 Å². The minimum atomic E-state index is -3.16. The van der Waals surface area contributed by atoms with Gasteiger partial charge >= 0.3 is 11.9 Å². The molecule has 0 aliphatic heterocycles. The highest BCUT2D eigenvalue weighted by Gasteiger charge is 2.07. The van der Waals surface area contributed by atoms with Crippen LogP contribution in [0, 0.1) is 0 Å². The van der Waals surface area contributed by atoms with E-state index in [0.717, 1.165) is 6.26 Å². The second-order valence-corrected chi connectivity index (χ2v) is 5.39. The molecule has 3 N–H and O–H groups in total.